The predicted octanol–water partition coefficient (Wildman–Crippen LogP) is 3.61. The number of rotatable bonds is 0. The van der Waals surface area contributed by atoms with Crippen LogP contribution >= 0.6 is 0 Å². The highest BCUT2D eigenvalue weighted by molar-refractivity contribution is 5.35. The third-order valence-electron chi connectivity index (χ3n) is 2.77. The smallest absolute Gasteiger partial charge is 0.0881 e. The largest absolute Gasteiger partial charge is 0.368 e. The second-order valence-corrected chi connectivity index (χ2v) is 5.26. The molecule has 1 aliphatic rings. The van der Waals surface area contributed by atoms with Crippen molar-refractivity contribution in [2.75, 3.05) is 0 Å². The molecule has 0 radical (unpaired) electrons. The number of benzene rings is 1. The van der Waals surface area contributed by atoms with Gasteiger partial charge in [-0.05, 0) is 23.5 Å². The van der Waals surface area contributed by atoms with Crippen molar-refractivity contribution in [3.63, 3.8) is 0 Å². The molecule has 0 aliphatic carbocycles. The van der Waals surface area contributed by atoms with Crippen LogP contribution in [0.15, 0.2) is 18.2 Å². The van der Waals surface area contributed by atoms with Crippen LogP contribution in [0.2, 0.25) is 0 Å². The maximum atomic E-state index is 5.84. The van der Waals surface area contributed by atoms with E-state index in [1.54, 1.807) is 0 Å². The van der Waals surface area contributed by atoms with Gasteiger partial charge in [-0.1, -0.05) is 44.5 Å². The zero-order valence-electron chi connectivity index (χ0n) is 9.42. The van der Waals surface area contributed by atoms with Crippen LogP contribution in [0, 0.1) is 12.3 Å². The molecule has 2 rings (SSSR count). The van der Waals surface area contributed by atoms with Gasteiger partial charge in [-0.2, -0.15) is 0 Å². The number of hydrogen-bond acceptors (Lipinski definition) is 1. The van der Waals surface area contributed by atoms with Gasteiger partial charge >= 0.3 is 0 Å². The summed E-state index contributed by atoms with van der Waals surface area (Å²) in [5, 5.41) is 0. The lowest BCUT2D eigenvalue weighted by molar-refractivity contribution is -0.00789. The summed E-state index contributed by atoms with van der Waals surface area (Å²) in [6, 6.07) is 6.63. The van der Waals surface area contributed by atoms with Crippen molar-refractivity contribution >= 4 is 0 Å². The second-order valence-electron chi connectivity index (χ2n) is 5.26. The molecule has 1 heterocycles. The zero-order valence-corrected chi connectivity index (χ0v) is 9.42. The summed E-state index contributed by atoms with van der Waals surface area (Å²) < 4.78 is 5.84. The van der Waals surface area contributed by atoms with Crippen molar-refractivity contribution in [1.82, 2.24) is 0 Å². The minimum atomic E-state index is 0.195. The lowest BCUT2D eigenvalue weighted by Crippen LogP contribution is -2.17. The molecule has 76 valence electrons. The lowest BCUT2D eigenvalue weighted by atomic mass is 9.84. The molecular formula is C13H18O. The molecule has 0 N–H and O–H groups in total. The van der Waals surface area contributed by atoms with E-state index in [0.29, 0.717) is 0 Å². The van der Waals surface area contributed by atoms with E-state index in [-0.39, 0.29) is 11.5 Å². The van der Waals surface area contributed by atoms with Crippen molar-refractivity contribution in [2.45, 2.75) is 40.4 Å². The predicted molar refractivity (Wildman–Crippen MR) is 58.2 cm³/mol. The van der Waals surface area contributed by atoms with E-state index < -0.39 is 0 Å². The van der Waals surface area contributed by atoms with Crippen LogP contribution < -0.4 is 0 Å². The van der Waals surface area contributed by atoms with Crippen molar-refractivity contribution in [3.8, 4) is 0 Å². The molecule has 1 atom stereocenters. The van der Waals surface area contributed by atoms with Crippen LogP contribution in [0.3, 0.4) is 0 Å². The van der Waals surface area contributed by atoms with E-state index in [2.05, 4.69) is 45.9 Å². The van der Waals surface area contributed by atoms with Crippen molar-refractivity contribution < 1.29 is 4.74 Å². The first-order valence-corrected chi connectivity index (χ1v) is 5.19. The summed E-state index contributed by atoms with van der Waals surface area (Å²) >= 11 is 0. The Bertz CT molecular complexity index is 347. The fourth-order valence-corrected chi connectivity index (χ4v) is 2.09. The van der Waals surface area contributed by atoms with E-state index in [1.165, 1.54) is 16.7 Å². The van der Waals surface area contributed by atoms with Gasteiger partial charge in [0.1, 0.15) is 0 Å². The Morgan fingerprint density at radius 1 is 1.29 bits per heavy atom. The van der Waals surface area contributed by atoms with Gasteiger partial charge in [-0.25, -0.2) is 0 Å². The highest BCUT2D eigenvalue weighted by atomic mass is 16.5. The molecule has 0 spiro atoms. The summed E-state index contributed by atoms with van der Waals surface area (Å²) in [6.45, 7) is 9.59. The van der Waals surface area contributed by atoms with E-state index >= 15 is 0 Å². The first kappa shape index (κ1) is 9.72. The molecule has 1 unspecified atom stereocenters. The Morgan fingerprint density at radius 3 is 2.64 bits per heavy atom. The molecule has 1 aromatic rings. The van der Waals surface area contributed by atoms with Gasteiger partial charge in [-0.15, -0.1) is 0 Å². The molecule has 1 aromatic carbocycles. The Morgan fingerprint density at radius 2 is 2.00 bits per heavy atom. The molecule has 1 aliphatic heterocycles. The highest BCUT2D eigenvalue weighted by Gasteiger charge is 2.33. The third-order valence-corrected chi connectivity index (χ3v) is 2.77. The van der Waals surface area contributed by atoms with Crippen molar-refractivity contribution in [2.24, 2.45) is 5.41 Å². The fourth-order valence-electron chi connectivity index (χ4n) is 2.09. The average molecular weight is 190 g/mol. The van der Waals surface area contributed by atoms with E-state index in [1.807, 2.05) is 0 Å². The van der Waals surface area contributed by atoms with Gasteiger partial charge in [0.2, 0.25) is 0 Å². The molecule has 14 heavy (non-hydrogen) atoms. The van der Waals surface area contributed by atoms with Gasteiger partial charge in [0.15, 0.2) is 0 Å². The summed E-state index contributed by atoms with van der Waals surface area (Å²) in [7, 11) is 0. The molecule has 0 saturated heterocycles. The monoisotopic (exact) mass is 190 g/mol. The van der Waals surface area contributed by atoms with Crippen LogP contribution in [0.1, 0.15) is 43.6 Å². The molecule has 0 amide bonds. The summed E-state index contributed by atoms with van der Waals surface area (Å²) in [4.78, 5) is 0. The fraction of sp³-hybridized carbons (Fsp3) is 0.538. The molecule has 0 bridgehead atoms. The standard InChI is InChI=1S/C13H18O/c1-9-5-6-11-10(7-9)8-14-12(11)13(2,3)4/h5-7,12H,8H2,1-4H3. The van der Waals surface area contributed by atoms with Gasteiger partial charge in [0, 0.05) is 0 Å². The van der Waals surface area contributed by atoms with Gasteiger partial charge in [0.05, 0.1) is 12.7 Å². The first-order chi connectivity index (χ1) is 6.48. The second kappa shape index (κ2) is 3.09. The molecule has 0 aromatic heterocycles. The molecule has 0 saturated carbocycles. The van der Waals surface area contributed by atoms with Crippen LogP contribution in [0.4, 0.5) is 0 Å². The first-order valence-electron chi connectivity index (χ1n) is 5.19. The van der Waals surface area contributed by atoms with Crippen LogP contribution in [-0.4, -0.2) is 0 Å². The van der Waals surface area contributed by atoms with Crippen molar-refractivity contribution in [3.05, 3.63) is 34.9 Å². The number of fused-ring (bicyclic) bond motifs is 1. The maximum Gasteiger partial charge on any atom is 0.0881 e. The topological polar surface area (TPSA) is 9.23 Å². The van der Waals surface area contributed by atoms with E-state index in [9.17, 15) is 0 Å². The van der Waals surface area contributed by atoms with E-state index in [0.717, 1.165) is 6.61 Å². The van der Waals surface area contributed by atoms with Gasteiger partial charge in [-0.3, -0.25) is 0 Å². The maximum absolute atomic E-state index is 5.84. The Labute approximate surface area is 86.1 Å². The van der Waals surface area contributed by atoms with Crippen LogP contribution in [0.25, 0.3) is 0 Å². The molecular weight excluding hydrogens is 172 g/mol. The summed E-state index contributed by atoms with van der Waals surface area (Å²) in [6.07, 6.45) is 0.262. The number of aryl methyl sites for hydroxylation is 1. The Hall–Kier alpha value is -0.820. The Kier molecular flexibility index (Phi) is 2.15. The SMILES string of the molecule is Cc1ccc2c(c1)COC2C(C)(C)C. The van der Waals surface area contributed by atoms with Crippen LogP contribution in [-0.2, 0) is 11.3 Å². The third kappa shape index (κ3) is 1.57. The minimum Gasteiger partial charge on any atom is -0.368 e. The molecule has 1 nitrogen and oxygen atoms in total. The number of hydrogen-bond donors (Lipinski definition) is 0. The Balaban J connectivity index is 2.41. The zero-order chi connectivity index (χ0) is 10.3. The van der Waals surface area contributed by atoms with Gasteiger partial charge < -0.3 is 4.74 Å². The van der Waals surface area contributed by atoms with E-state index in [4.69, 9.17) is 4.74 Å². The molecule has 1 heteroatoms. The van der Waals surface area contributed by atoms with Crippen LogP contribution in [0.5, 0.6) is 0 Å². The summed E-state index contributed by atoms with van der Waals surface area (Å²) in [5.41, 5.74) is 4.26. The average Bonchev–Trinajstić information content (AvgIpc) is 2.45. The highest BCUT2D eigenvalue weighted by Crippen LogP contribution is 2.42. The van der Waals surface area contributed by atoms with Gasteiger partial charge in [0.25, 0.3) is 0 Å². The quantitative estimate of drug-likeness (QED) is 0.607. The summed E-state index contributed by atoms with van der Waals surface area (Å²) in [5.74, 6) is 0. The number of ether oxygens (including phenoxy) is 1. The normalized spacial score (nSPS) is 21.0. The minimum absolute atomic E-state index is 0.195. The molecule has 0 fully saturated rings. The lowest BCUT2D eigenvalue weighted by Gasteiger charge is -2.26. The van der Waals surface area contributed by atoms with Crippen molar-refractivity contribution in [1.29, 1.82) is 0 Å².